The summed E-state index contributed by atoms with van der Waals surface area (Å²) >= 11 is 6.43. The van der Waals surface area contributed by atoms with Crippen LogP contribution >= 0.6 is 11.6 Å². The number of halogens is 1. The van der Waals surface area contributed by atoms with Crippen LogP contribution in [0.1, 0.15) is 12.5 Å². The van der Waals surface area contributed by atoms with Crippen LogP contribution in [0.15, 0.2) is 42.5 Å². The van der Waals surface area contributed by atoms with Gasteiger partial charge in [0.2, 0.25) is 0 Å². The maximum atomic E-state index is 6.43. The molecule has 0 radical (unpaired) electrons. The van der Waals surface area contributed by atoms with Gasteiger partial charge in [-0.3, -0.25) is 0 Å². The highest BCUT2D eigenvalue weighted by atomic mass is 35.5. The number of hydrogen-bond acceptors (Lipinski definition) is 3. The fourth-order valence-electron chi connectivity index (χ4n) is 2.16. The maximum Gasteiger partial charge on any atom is 0.120 e. The Balaban J connectivity index is 2.24. The van der Waals surface area contributed by atoms with Crippen LogP contribution in [0.2, 0.25) is 5.02 Å². The summed E-state index contributed by atoms with van der Waals surface area (Å²) in [5.74, 6) is 0.833. The third kappa shape index (κ3) is 3.90. The van der Waals surface area contributed by atoms with Gasteiger partial charge in [-0.05, 0) is 36.4 Å². The number of ether oxygens (including phenoxy) is 1. The number of rotatable bonds is 6. The maximum absolute atomic E-state index is 6.43. The van der Waals surface area contributed by atoms with Crippen LogP contribution < -0.4 is 15.0 Å². The van der Waals surface area contributed by atoms with E-state index in [1.807, 2.05) is 37.4 Å². The van der Waals surface area contributed by atoms with Gasteiger partial charge in [-0.25, -0.2) is 0 Å². The largest absolute Gasteiger partial charge is 0.497 e. The molecule has 2 aromatic rings. The average molecular weight is 305 g/mol. The molecule has 3 nitrogen and oxygen atoms in total. The SMILES string of the molecule is CCNCc1ccc(N(C)c2cccc(OC)c2)c(Cl)c1. The molecule has 0 spiro atoms. The highest BCUT2D eigenvalue weighted by Crippen LogP contribution is 2.32. The monoisotopic (exact) mass is 304 g/mol. The van der Waals surface area contributed by atoms with E-state index < -0.39 is 0 Å². The van der Waals surface area contributed by atoms with Gasteiger partial charge >= 0.3 is 0 Å². The number of anilines is 2. The molecular formula is C17H21ClN2O. The lowest BCUT2D eigenvalue weighted by Gasteiger charge is -2.22. The van der Waals surface area contributed by atoms with Gasteiger partial charge in [-0.15, -0.1) is 0 Å². The molecule has 0 aromatic heterocycles. The van der Waals surface area contributed by atoms with Gasteiger partial charge < -0.3 is 15.0 Å². The lowest BCUT2D eigenvalue weighted by atomic mass is 10.1. The number of nitrogens with zero attached hydrogens (tertiary/aromatic N) is 1. The minimum Gasteiger partial charge on any atom is -0.497 e. The summed E-state index contributed by atoms with van der Waals surface area (Å²) in [4.78, 5) is 2.06. The first-order chi connectivity index (χ1) is 10.2. The molecule has 0 saturated carbocycles. The Kier molecular flexibility index (Phi) is 5.48. The van der Waals surface area contributed by atoms with Crippen molar-refractivity contribution in [2.24, 2.45) is 0 Å². The van der Waals surface area contributed by atoms with Crippen molar-refractivity contribution in [3.05, 3.63) is 53.1 Å². The molecule has 0 fully saturated rings. The van der Waals surface area contributed by atoms with E-state index in [4.69, 9.17) is 16.3 Å². The molecule has 0 aliphatic heterocycles. The van der Waals surface area contributed by atoms with Gasteiger partial charge in [-0.1, -0.05) is 30.7 Å². The third-order valence-corrected chi connectivity index (χ3v) is 3.70. The van der Waals surface area contributed by atoms with Gasteiger partial charge in [0, 0.05) is 25.3 Å². The van der Waals surface area contributed by atoms with Crippen LogP contribution in [0.3, 0.4) is 0 Å². The Morgan fingerprint density at radius 1 is 1.19 bits per heavy atom. The van der Waals surface area contributed by atoms with Gasteiger partial charge in [0.1, 0.15) is 5.75 Å². The number of nitrogens with one attached hydrogen (secondary N) is 1. The van der Waals surface area contributed by atoms with E-state index in [1.165, 1.54) is 5.56 Å². The van der Waals surface area contributed by atoms with Gasteiger partial charge in [0.05, 0.1) is 17.8 Å². The summed E-state index contributed by atoms with van der Waals surface area (Å²) in [6.45, 7) is 3.87. The van der Waals surface area contributed by atoms with Crippen molar-refractivity contribution >= 4 is 23.0 Å². The Hall–Kier alpha value is -1.71. The van der Waals surface area contributed by atoms with Crippen LogP contribution in [-0.4, -0.2) is 20.7 Å². The molecule has 21 heavy (non-hydrogen) atoms. The zero-order valence-corrected chi connectivity index (χ0v) is 13.4. The van der Waals surface area contributed by atoms with E-state index in [0.29, 0.717) is 0 Å². The first kappa shape index (κ1) is 15.7. The summed E-state index contributed by atoms with van der Waals surface area (Å²) in [6.07, 6.45) is 0. The second-order valence-corrected chi connectivity index (χ2v) is 5.23. The highest BCUT2D eigenvalue weighted by Gasteiger charge is 2.09. The third-order valence-electron chi connectivity index (χ3n) is 3.39. The first-order valence-electron chi connectivity index (χ1n) is 7.02. The second kappa shape index (κ2) is 7.34. The second-order valence-electron chi connectivity index (χ2n) is 4.83. The van der Waals surface area contributed by atoms with Crippen LogP contribution in [0.4, 0.5) is 11.4 Å². The normalized spacial score (nSPS) is 10.5. The van der Waals surface area contributed by atoms with E-state index in [2.05, 4.69) is 29.3 Å². The molecule has 2 aromatic carbocycles. The van der Waals surface area contributed by atoms with Crippen molar-refractivity contribution in [3.63, 3.8) is 0 Å². The fourth-order valence-corrected chi connectivity index (χ4v) is 2.49. The molecule has 0 saturated heterocycles. The van der Waals surface area contributed by atoms with Crippen molar-refractivity contribution in [1.29, 1.82) is 0 Å². The summed E-state index contributed by atoms with van der Waals surface area (Å²) < 4.78 is 5.27. The fraction of sp³-hybridized carbons (Fsp3) is 0.294. The number of methoxy groups -OCH3 is 1. The van der Waals surface area contributed by atoms with Crippen molar-refractivity contribution in [2.75, 3.05) is 25.6 Å². The molecular weight excluding hydrogens is 284 g/mol. The Morgan fingerprint density at radius 3 is 2.67 bits per heavy atom. The van der Waals surface area contributed by atoms with Crippen LogP contribution in [0, 0.1) is 0 Å². The predicted octanol–water partition coefficient (Wildman–Crippen LogP) is 4.23. The summed E-state index contributed by atoms with van der Waals surface area (Å²) in [7, 11) is 3.67. The van der Waals surface area contributed by atoms with Crippen molar-refractivity contribution in [2.45, 2.75) is 13.5 Å². The zero-order chi connectivity index (χ0) is 15.2. The van der Waals surface area contributed by atoms with Gasteiger partial charge in [-0.2, -0.15) is 0 Å². The quantitative estimate of drug-likeness (QED) is 0.864. The van der Waals surface area contributed by atoms with Crippen molar-refractivity contribution < 1.29 is 4.74 Å². The minimum atomic E-state index is 0.746. The van der Waals surface area contributed by atoms with Crippen LogP contribution in [-0.2, 0) is 6.54 Å². The molecule has 0 aliphatic carbocycles. The average Bonchev–Trinajstić information content (AvgIpc) is 2.52. The van der Waals surface area contributed by atoms with Crippen LogP contribution in [0.25, 0.3) is 0 Å². The summed E-state index contributed by atoms with van der Waals surface area (Å²) in [5, 5.41) is 4.04. The molecule has 0 aliphatic rings. The molecule has 0 unspecified atom stereocenters. The molecule has 0 amide bonds. The van der Waals surface area contributed by atoms with E-state index in [-0.39, 0.29) is 0 Å². The van der Waals surface area contributed by atoms with E-state index in [1.54, 1.807) is 7.11 Å². The highest BCUT2D eigenvalue weighted by molar-refractivity contribution is 6.33. The number of hydrogen-bond donors (Lipinski definition) is 1. The standard InChI is InChI=1S/C17H21ClN2O/c1-4-19-12-13-8-9-17(16(18)10-13)20(2)14-6-5-7-15(11-14)21-3/h5-11,19H,4,12H2,1-3H3. The lowest BCUT2D eigenvalue weighted by Crippen LogP contribution is -2.13. The molecule has 0 bridgehead atoms. The molecule has 4 heteroatoms. The Bertz CT molecular complexity index is 601. The van der Waals surface area contributed by atoms with E-state index in [0.717, 1.165) is 35.2 Å². The Morgan fingerprint density at radius 2 is 2.00 bits per heavy atom. The zero-order valence-electron chi connectivity index (χ0n) is 12.7. The smallest absolute Gasteiger partial charge is 0.120 e. The first-order valence-corrected chi connectivity index (χ1v) is 7.40. The molecule has 1 N–H and O–H groups in total. The van der Waals surface area contributed by atoms with E-state index in [9.17, 15) is 0 Å². The predicted molar refractivity (Wildman–Crippen MR) is 89.9 cm³/mol. The van der Waals surface area contributed by atoms with Crippen molar-refractivity contribution in [1.82, 2.24) is 5.32 Å². The van der Waals surface area contributed by atoms with Crippen LogP contribution in [0.5, 0.6) is 5.75 Å². The molecule has 2 rings (SSSR count). The van der Waals surface area contributed by atoms with Crippen molar-refractivity contribution in [3.8, 4) is 5.75 Å². The Labute approximate surface area is 131 Å². The lowest BCUT2D eigenvalue weighted by molar-refractivity contribution is 0.415. The van der Waals surface area contributed by atoms with Gasteiger partial charge in [0.25, 0.3) is 0 Å². The molecule has 0 atom stereocenters. The topological polar surface area (TPSA) is 24.5 Å². The summed E-state index contributed by atoms with van der Waals surface area (Å²) in [5.41, 5.74) is 3.20. The van der Waals surface area contributed by atoms with Gasteiger partial charge in [0.15, 0.2) is 0 Å². The van der Waals surface area contributed by atoms with E-state index >= 15 is 0 Å². The molecule has 0 heterocycles. The summed E-state index contributed by atoms with van der Waals surface area (Å²) in [6, 6.07) is 14.1. The minimum absolute atomic E-state index is 0.746. The number of benzene rings is 2. The molecule has 112 valence electrons.